The van der Waals surface area contributed by atoms with Crippen molar-refractivity contribution in [3.8, 4) is 46.6 Å². The smallest absolute Gasteiger partial charge is 0.240 e. The highest BCUT2D eigenvalue weighted by Crippen LogP contribution is 2.37. The van der Waals surface area contributed by atoms with Gasteiger partial charge in [-0.05, 0) is 69.3 Å². The summed E-state index contributed by atoms with van der Waals surface area (Å²) in [5, 5.41) is 13.7. The Labute approximate surface area is 511 Å². The second-order valence-electron chi connectivity index (χ2n) is 22.6. The molecule has 18 aromatic rings. The van der Waals surface area contributed by atoms with Gasteiger partial charge < -0.3 is 0 Å². The number of nitrogens with zero attached hydrogens (tertiary/aromatic N) is 10. The Hall–Kier alpha value is -11.9. The van der Waals surface area contributed by atoms with Crippen LogP contribution in [0.1, 0.15) is 0 Å². The SMILES string of the molecule is c1ccc([Si](c2ccccc2)(c2cccc(-c3nc(-n4c5ccccc5c5ccccc54)nc(-n4c5ccccc5c5ccccc54)n3)c2)c2cccc(-c3nc(-n4c5ccccc5c5ccccc54)nc(-n4c5ccccc5c5ccccc54)n3)c2)cc1. The van der Waals surface area contributed by atoms with Crippen molar-refractivity contribution in [1.82, 2.24) is 48.2 Å². The third-order valence-corrected chi connectivity index (χ3v) is 22.6. The summed E-state index contributed by atoms with van der Waals surface area (Å²) in [5.41, 5.74) is 9.79. The molecule has 0 aliphatic rings. The maximum atomic E-state index is 5.56. The highest BCUT2D eigenvalue weighted by atomic mass is 28.3. The molecular formula is C78H50N10Si. The minimum atomic E-state index is -3.35. The maximum Gasteiger partial charge on any atom is 0.240 e. The Kier molecular flexibility index (Phi) is 11.4. The molecule has 6 aromatic heterocycles. The molecule has 0 aliphatic carbocycles. The van der Waals surface area contributed by atoms with Gasteiger partial charge >= 0.3 is 0 Å². The molecule has 0 atom stereocenters. The monoisotopic (exact) mass is 1150 g/mol. The molecular weight excluding hydrogens is 1110 g/mol. The summed E-state index contributed by atoms with van der Waals surface area (Å²) in [6.45, 7) is 0. The molecule has 0 aliphatic heterocycles. The molecule has 12 aromatic carbocycles. The number of fused-ring (bicyclic) bond motifs is 12. The molecule has 10 nitrogen and oxygen atoms in total. The summed E-state index contributed by atoms with van der Waals surface area (Å²) in [6, 6.07) is 108. The molecule has 0 radical (unpaired) electrons. The Morgan fingerprint density at radius 3 is 0.652 bits per heavy atom. The van der Waals surface area contributed by atoms with Gasteiger partial charge in [0.2, 0.25) is 23.8 Å². The van der Waals surface area contributed by atoms with Crippen LogP contribution in [0.3, 0.4) is 0 Å². The van der Waals surface area contributed by atoms with E-state index in [0.29, 0.717) is 35.4 Å². The fourth-order valence-electron chi connectivity index (χ4n) is 14.1. The topological polar surface area (TPSA) is 97.1 Å². The number of hydrogen-bond acceptors (Lipinski definition) is 6. The van der Waals surface area contributed by atoms with E-state index in [0.717, 1.165) is 109 Å². The number of rotatable bonds is 10. The first-order chi connectivity index (χ1) is 44.2. The molecule has 0 saturated heterocycles. The molecule has 416 valence electrons. The molecule has 0 bridgehead atoms. The summed E-state index contributed by atoms with van der Waals surface area (Å²) in [7, 11) is -3.35. The minimum absolute atomic E-state index is 0.523. The normalized spacial score (nSPS) is 12.0. The molecule has 11 heteroatoms. The van der Waals surface area contributed by atoms with Crippen LogP contribution < -0.4 is 20.7 Å². The lowest BCUT2D eigenvalue weighted by Crippen LogP contribution is -2.74. The van der Waals surface area contributed by atoms with Crippen molar-refractivity contribution in [3.63, 3.8) is 0 Å². The standard InChI is InChI=1S/C78H50N10Si/c1-3-27-53(28-4-1)89(54-29-5-2-6-30-54,55-31-23-25-51(49-55)73-79-75(85-65-41-15-7-33-57(65)58-34-8-16-42-66(58)85)83-76(80-73)86-67-43-17-9-35-59(67)60-36-10-18-44-68(60)86)56-32-24-26-52(50-56)74-81-77(87-69-45-19-11-37-61(69)62-38-12-20-46-70(62)87)84-78(82-74)88-71-47-21-13-39-63(71)64-40-14-22-48-72(64)88/h1-50H. The van der Waals surface area contributed by atoms with Gasteiger partial charge in [-0.2, -0.15) is 29.9 Å². The highest BCUT2D eigenvalue weighted by Gasteiger charge is 2.42. The van der Waals surface area contributed by atoms with E-state index in [2.05, 4.69) is 322 Å². The van der Waals surface area contributed by atoms with Crippen molar-refractivity contribution < 1.29 is 0 Å². The number of aromatic nitrogens is 10. The van der Waals surface area contributed by atoms with Crippen LogP contribution >= 0.6 is 0 Å². The zero-order valence-corrected chi connectivity index (χ0v) is 48.8. The van der Waals surface area contributed by atoms with Crippen molar-refractivity contribution in [3.05, 3.63) is 303 Å². The first kappa shape index (κ1) is 50.4. The van der Waals surface area contributed by atoms with Crippen LogP contribution in [0.5, 0.6) is 0 Å². The lowest BCUT2D eigenvalue weighted by atomic mass is 10.2. The van der Waals surface area contributed by atoms with Crippen LogP contribution in [-0.4, -0.2) is 56.2 Å². The van der Waals surface area contributed by atoms with E-state index >= 15 is 0 Å². The quantitative estimate of drug-likeness (QED) is 0.1000. The van der Waals surface area contributed by atoms with Gasteiger partial charge in [0, 0.05) is 54.2 Å². The van der Waals surface area contributed by atoms with E-state index in [4.69, 9.17) is 29.9 Å². The summed E-state index contributed by atoms with van der Waals surface area (Å²) in [4.78, 5) is 33.2. The molecule has 0 spiro atoms. The Balaban J connectivity index is 0.885. The Morgan fingerprint density at radius 2 is 0.404 bits per heavy atom. The van der Waals surface area contributed by atoms with Gasteiger partial charge in [-0.3, -0.25) is 18.3 Å². The first-order valence-electron chi connectivity index (χ1n) is 29.9. The third-order valence-electron chi connectivity index (χ3n) is 17.9. The molecule has 6 heterocycles. The molecule has 0 unspecified atom stereocenters. The van der Waals surface area contributed by atoms with Crippen molar-refractivity contribution in [2.24, 2.45) is 0 Å². The van der Waals surface area contributed by atoms with E-state index in [1.165, 1.54) is 10.4 Å². The number of hydrogen-bond donors (Lipinski definition) is 0. The van der Waals surface area contributed by atoms with E-state index < -0.39 is 8.07 Å². The first-order valence-corrected chi connectivity index (χ1v) is 31.9. The van der Waals surface area contributed by atoms with Crippen molar-refractivity contribution >= 4 is 116 Å². The number of para-hydroxylation sites is 8. The van der Waals surface area contributed by atoms with E-state index in [-0.39, 0.29) is 0 Å². The van der Waals surface area contributed by atoms with Gasteiger partial charge in [0.25, 0.3) is 0 Å². The largest absolute Gasteiger partial charge is 0.278 e. The molecule has 18 rings (SSSR count). The van der Waals surface area contributed by atoms with E-state index in [9.17, 15) is 0 Å². The molecule has 0 saturated carbocycles. The van der Waals surface area contributed by atoms with Crippen LogP contribution in [0.2, 0.25) is 0 Å². The van der Waals surface area contributed by atoms with E-state index in [1.54, 1.807) is 0 Å². The molecule has 0 amide bonds. The van der Waals surface area contributed by atoms with Gasteiger partial charge in [-0.1, -0.05) is 255 Å². The predicted octanol–water partition coefficient (Wildman–Crippen LogP) is 15.2. The third kappa shape index (κ3) is 7.75. The van der Waals surface area contributed by atoms with Gasteiger partial charge in [0.15, 0.2) is 19.7 Å². The van der Waals surface area contributed by atoms with Crippen LogP contribution in [0.25, 0.3) is 134 Å². The average molecular weight is 1160 g/mol. The zero-order chi connectivity index (χ0) is 58.6. The van der Waals surface area contributed by atoms with Crippen molar-refractivity contribution in [2.45, 2.75) is 0 Å². The lowest BCUT2D eigenvalue weighted by Gasteiger charge is -2.35. The molecule has 0 fully saturated rings. The summed E-state index contributed by atoms with van der Waals surface area (Å²) in [5.74, 6) is 3.19. The summed E-state index contributed by atoms with van der Waals surface area (Å²) < 4.78 is 8.76. The Bertz CT molecular complexity index is 5010. The second kappa shape index (κ2) is 20.1. The maximum absolute atomic E-state index is 5.56. The predicted molar refractivity (Wildman–Crippen MR) is 365 cm³/mol. The van der Waals surface area contributed by atoms with Crippen LogP contribution in [0, 0.1) is 0 Å². The van der Waals surface area contributed by atoms with Crippen molar-refractivity contribution in [1.29, 1.82) is 0 Å². The fraction of sp³-hybridized carbons (Fsp3) is 0. The van der Waals surface area contributed by atoms with Gasteiger partial charge in [0.1, 0.15) is 0 Å². The average Bonchev–Trinajstić information content (AvgIpc) is 1.86. The van der Waals surface area contributed by atoms with Gasteiger partial charge in [-0.15, -0.1) is 0 Å². The van der Waals surface area contributed by atoms with Crippen molar-refractivity contribution in [2.75, 3.05) is 0 Å². The lowest BCUT2D eigenvalue weighted by molar-refractivity contribution is 0.892. The number of benzene rings is 12. The van der Waals surface area contributed by atoms with Crippen LogP contribution in [0.4, 0.5) is 0 Å². The van der Waals surface area contributed by atoms with E-state index in [1.807, 2.05) is 0 Å². The Morgan fingerprint density at radius 1 is 0.191 bits per heavy atom. The summed E-state index contributed by atoms with van der Waals surface area (Å²) in [6.07, 6.45) is 0. The van der Waals surface area contributed by atoms with Gasteiger partial charge in [0.05, 0.1) is 44.1 Å². The van der Waals surface area contributed by atoms with Gasteiger partial charge in [-0.25, -0.2) is 0 Å². The fourth-order valence-corrected chi connectivity index (χ4v) is 18.9. The summed E-state index contributed by atoms with van der Waals surface area (Å²) >= 11 is 0. The second-order valence-corrected chi connectivity index (χ2v) is 26.4. The van der Waals surface area contributed by atoms with Crippen LogP contribution in [0.15, 0.2) is 303 Å². The molecule has 89 heavy (non-hydrogen) atoms. The molecule has 0 N–H and O–H groups in total. The zero-order valence-electron chi connectivity index (χ0n) is 47.8. The van der Waals surface area contributed by atoms with Crippen LogP contribution in [-0.2, 0) is 0 Å². The minimum Gasteiger partial charge on any atom is -0.278 e. The highest BCUT2D eigenvalue weighted by molar-refractivity contribution is 7.20.